The van der Waals surface area contributed by atoms with Crippen LogP contribution < -0.4 is 0 Å². The van der Waals surface area contributed by atoms with Crippen molar-refractivity contribution in [2.24, 2.45) is 11.8 Å². The summed E-state index contributed by atoms with van der Waals surface area (Å²) in [5.74, 6) is -0.301. The van der Waals surface area contributed by atoms with Gasteiger partial charge in [-0.25, -0.2) is 4.79 Å². The van der Waals surface area contributed by atoms with Gasteiger partial charge in [-0.3, -0.25) is 0 Å². The summed E-state index contributed by atoms with van der Waals surface area (Å²) in [4.78, 5) is 10.9. The number of unbranched alkanes of at least 4 members (excludes halogenated alkanes) is 4. The van der Waals surface area contributed by atoms with Crippen LogP contribution in [0.4, 0.5) is 0 Å². The Kier molecular flexibility index (Phi) is 11.8. The Hall–Kier alpha value is -0.910. The Labute approximate surface area is 158 Å². The van der Waals surface area contributed by atoms with Crippen LogP contribution in [0.2, 0.25) is 0 Å². The van der Waals surface area contributed by atoms with E-state index in [4.69, 9.17) is 9.84 Å². The highest BCUT2D eigenvalue weighted by atomic mass is 16.5. The summed E-state index contributed by atoms with van der Waals surface area (Å²) < 4.78 is 4.94. The molecular weight excluding hydrogens is 332 g/mol. The molecule has 1 aliphatic carbocycles. The lowest BCUT2D eigenvalue weighted by Crippen LogP contribution is -2.22. The molecule has 3 N–H and O–H groups in total. The number of carbonyl (C=O) groups is 1. The van der Waals surface area contributed by atoms with Crippen molar-refractivity contribution in [1.82, 2.24) is 0 Å². The zero-order chi connectivity index (χ0) is 19.4. The highest BCUT2D eigenvalue weighted by Crippen LogP contribution is 2.37. The molecule has 5 heteroatoms. The molecule has 26 heavy (non-hydrogen) atoms. The van der Waals surface area contributed by atoms with Crippen LogP contribution >= 0.6 is 0 Å². The fraction of sp³-hybridized carbons (Fsp3) is 0.857. The molecule has 152 valence electrons. The minimum absolute atomic E-state index is 0.256. The number of aliphatic carboxylic acids is 1. The molecular formula is C21H38O5. The number of aliphatic hydroxyl groups is 2. The van der Waals surface area contributed by atoms with Crippen molar-refractivity contribution in [3.8, 4) is 0 Å². The molecule has 0 amide bonds. The predicted molar refractivity (Wildman–Crippen MR) is 103 cm³/mol. The molecule has 0 radical (unpaired) electrons. The normalized spacial score (nSPS) is 25.6. The SMILES string of the molecule is CCCCCC(O)C=C[C@H]1CC[C@H](O)[C@@H]1CCCCCC(OC)C(=O)O. The van der Waals surface area contributed by atoms with Crippen LogP contribution in [0.3, 0.4) is 0 Å². The smallest absolute Gasteiger partial charge is 0.332 e. The van der Waals surface area contributed by atoms with E-state index in [1.807, 2.05) is 6.08 Å². The van der Waals surface area contributed by atoms with Crippen molar-refractivity contribution >= 4 is 5.97 Å². The summed E-state index contributed by atoms with van der Waals surface area (Å²) in [6, 6.07) is 0. The fourth-order valence-electron chi connectivity index (χ4n) is 3.92. The van der Waals surface area contributed by atoms with Gasteiger partial charge in [0.15, 0.2) is 6.10 Å². The quantitative estimate of drug-likeness (QED) is 0.319. The first-order valence-corrected chi connectivity index (χ1v) is 10.3. The highest BCUT2D eigenvalue weighted by Gasteiger charge is 2.32. The minimum Gasteiger partial charge on any atom is -0.479 e. The van der Waals surface area contributed by atoms with Crippen LogP contribution in [0, 0.1) is 11.8 Å². The molecule has 1 aliphatic rings. The van der Waals surface area contributed by atoms with Gasteiger partial charge in [-0.15, -0.1) is 0 Å². The number of aliphatic hydroxyl groups excluding tert-OH is 2. The van der Waals surface area contributed by atoms with Crippen LogP contribution in [-0.2, 0) is 9.53 Å². The predicted octanol–water partition coefficient (Wildman–Crippen LogP) is 3.92. The molecule has 0 saturated heterocycles. The van der Waals surface area contributed by atoms with Gasteiger partial charge in [0.1, 0.15) is 0 Å². The van der Waals surface area contributed by atoms with Crippen LogP contribution in [0.5, 0.6) is 0 Å². The van der Waals surface area contributed by atoms with Gasteiger partial charge >= 0.3 is 5.97 Å². The minimum atomic E-state index is -0.901. The van der Waals surface area contributed by atoms with E-state index >= 15 is 0 Å². The largest absolute Gasteiger partial charge is 0.479 e. The molecule has 5 nitrogen and oxygen atoms in total. The molecule has 0 aromatic carbocycles. The maximum atomic E-state index is 10.9. The summed E-state index contributed by atoms with van der Waals surface area (Å²) in [6.07, 6.45) is 12.9. The van der Waals surface area contributed by atoms with Crippen molar-refractivity contribution in [3.05, 3.63) is 12.2 Å². The van der Waals surface area contributed by atoms with E-state index in [-0.39, 0.29) is 18.1 Å². The van der Waals surface area contributed by atoms with E-state index in [2.05, 4.69) is 13.0 Å². The summed E-state index contributed by atoms with van der Waals surface area (Å²) in [6.45, 7) is 2.16. The number of methoxy groups -OCH3 is 1. The molecule has 1 fully saturated rings. The second-order valence-corrected chi connectivity index (χ2v) is 7.62. The fourth-order valence-corrected chi connectivity index (χ4v) is 3.92. The molecule has 0 aromatic rings. The monoisotopic (exact) mass is 370 g/mol. The Morgan fingerprint density at radius 2 is 1.88 bits per heavy atom. The van der Waals surface area contributed by atoms with Gasteiger partial charge in [-0.2, -0.15) is 0 Å². The number of allylic oxidation sites excluding steroid dienone is 1. The Morgan fingerprint density at radius 1 is 1.15 bits per heavy atom. The highest BCUT2D eigenvalue weighted by molar-refractivity contribution is 5.72. The molecule has 0 aliphatic heterocycles. The lowest BCUT2D eigenvalue weighted by atomic mass is 9.88. The number of hydrogen-bond acceptors (Lipinski definition) is 4. The second kappa shape index (κ2) is 13.3. The van der Waals surface area contributed by atoms with Gasteiger partial charge in [0.25, 0.3) is 0 Å². The third-order valence-electron chi connectivity index (χ3n) is 5.59. The van der Waals surface area contributed by atoms with Crippen LogP contribution in [0.15, 0.2) is 12.2 Å². The molecule has 2 unspecified atom stereocenters. The zero-order valence-electron chi connectivity index (χ0n) is 16.5. The summed E-state index contributed by atoms with van der Waals surface area (Å²) in [5.41, 5.74) is 0. The molecule has 1 rings (SSSR count). The van der Waals surface area contributed by atoms with Gasteiger partial charge < -0.3 is 20.1 Å². The molecule has 0 bridgehead atoms. The summed E-state index contributed by atoms with van der Waals surface area (Å²) in [7, 11) is 1.43. The molecule has 0 heterocycles. The number of carboxylic acid groups (broad SMARTS) is 1. The molecule has 0 aromatic heterocycles. The molecule has 5 atom stereocenters. The third kappa shape index (κ3) is 8.65. The van der Waals surface area contributed by atoms with E-state index in [9.17, 15) is 15.0 Å². The Balaban J connectivity index is 2.31. The lowest BCUT2D eigenvalue weighted by Gasteiger charge is -2.20. The number of carboxylic acids is 1. The van der Waals surface area contributed by atoms with Crippen LogP contribution in [-0.4, -0.2) is 46.7 Å². The van der Waals surface area contributed by atoms with Crippen molar-refractivity contribution in [1.29, 1.82) is 0 Å². The van der Waals surface area contributed by atoms with E-state index in [1.165, 1.54) is 7.11 Å². The third-order valence-corrected chi connectivity index (χ3v) is 5.59. The maximum absolute atomic E-state index is 10.9. The van der Waals surface area contributed by atoms with Gasteiger partial charge in [0.05, 0.1) is 12.2 Å². The topological polar surface area (TPSA) is 87.0 Å². The number of rotatable bonds is 14. The first-order valence-electron chi connectivity index (χ1n) is 10.3. The lowest BCUT2D eigenvalue weighted by molar-refractivity contribution is -0.148. The van der Waals surface area contributed by atoms with Gasteiger partial charge in [-0.05, 0) is 43.9 Å². The first kappa shape index (κ1) is 23.1. The Bertz CT molecular complexity index is 409. The van der Waals surface area contributed by atoms with E-state index in [1.54, 1.807) is 0 Å². The average molecular weight is 371 g/mol. The second-order valence-electron chi connectivity index (χ2n) is 7.62. The van der Waals surface area contributed by atoms with Gasteiger partial charge in [-0.1, -0.05) is 57.6 Å². The van der Waals surface area contributed by atoms with Gasteiger partial charge in [0.2, 0.25) is 0 Å². The van der Waals surface area contributed by atoms with Gasteiger partial charge in [0, 0.05) is 7.11 Å². The number of hydrogen-bond donors (Lipinski definition) is 3. The van der Waals surface area contributed by atoms with E-state index in [0.717, 1.165) is 64.2 Å². The summed E-state index contributed by atoms with van der Waals surface area (Å²) >= 11 is 0. The number of ether oxygens (including phenoxy) is 1. The van der Waals surface area contributed by atoms with Crippen molar-refractivity contribution in [2.45, 2.75) is 95.9 Å². The van der Waals surface area contributed by atoms with Crippen LogP contribution in [0.1, 0.15) is 77.6 Å². The Morgan fingerprint density at radius 3 is 2.54 bits per heavy atom. The first-order chi connectivity index (χ1) is 12.5. The van der Waals surface area contributed by atoms with Crippen molar-refractivity contribution < 1.29 is 24.9 Å². The molecule has 1 saturated carbocycles. The van der Waals surface area contributed by atoms with E-state index < -0.39 is 12.1 Å². The average Bonchev–Trinajstić information content (AvgIpc) is 2.96. The van der Waals surface area contributed by atoms with Crippen molar-refractivity contribution in [2.75, 3.05) is 7.11 Å². The molecule has 0 spiro atoms. The zero-order valence-corrected chi connectivity index (χ0v) is 16.5. The maximum Gasteiger partial charge on any atom is 0.332 e. The summed E-state index contributed by atoms with van der Waals surface area (Å²) in [5, 5.41) is 29.3. The standard InChI is InChI=1S/C21H38O5/c1-3-4-6-9-17(22)14-12-16-13-15-19(23)18(16)10-7-5-8-11-20(26-2)21(24)25/h12,14,16-20,22-23H,3-11,13,15H2,1-2H3,(H,24,25)/t16-,17?,18+,19-,20?/m0/s1. The van der Waals surface area contributed by atoms with E-state index in [0.29, 0.717) is 12.3 Å². The van der Waals surface area contributed by atoms with Crippen LogP contribution in [0.25, 0.3) is 0 Å². The van der Waals surface area contributed by atoms with Crippen molar-refractivity contribution in [3.63, 3.8) is 0 Å².